The van der Waals surface area contributed by atoms with Crippen molar-refractivity contribution in [2.45, 2.75) is 63.2 Å². The lowest BCUT2D eigenvalue weighted by Gasteiger charge is -2.31. The third-order valence-corrected chi connectivity index (χ3v) is 6.37. The second-order valence-corrected chi connectivity index (χ2v) is 8.05. The van der Waals surface area contributed by atoms with Crippen LogP contribution in [0.2, 0.25) is 0 Å². The second kappa shape index (κ2) is 10.0. The van der Waals surface area contributed by atoms with Crippen LogP contribution in [0, 0.1) is 5.92 Å². The Morgan fingerprint density at radius 2 is 1.95 bits per heavy atom. The predicted molar refractivity (Wildman–Crippen MR) is 102 cm³/mol. The molecule has 4 nitrogen and oxygen atoms in total. The van der Waals surface area contributed by atoms with E-state index >= 15 is 0 Å². The van der Waals surface area contributed by atoms with Crippen LogP contribution in [0.15, 0.2) is 4.99 Å². The summed E-state index contributed by atoms with van der Waals surface area (Å²) >= 11 is 0. The van der Waals surface area contributed by atoms with E-state index in [2.05, 4.69) is 15.6 Å². The van der Waals surface area contributed by atoms with Crippen molar-refractivity contribution >= 4 is 40.7 Å². The van der Waals surface area contributed by atoms with Gasteiger partial charge in [0.1, 0.15) is 0 Å². The summed E-state index contributed by atoms with van der Waals surface area (Å²) in [5, 5.41) is 7.33. The molecule has 0 spiro atoms. The van der Waals surface area contributed by atoms with E-state index in [0.717, 1.165) is 37.0 Å². The molecule has 2 fully saturated rings. The monoisotopic (exact) mass is 427 g/mol. The summed E-state index contributed by atoms with van der Waals surface area (Å²) in [6.07, 6.45) is 8.56. The number of halogens is 1. The third-order valence-electron chi connectivity index (χ3n) is 4.63. The van der Waals surface area contributed by atoms with Crippen molar-refractivity contribution in [1.82, 2.24) is 10.6 Å². The van der Waals surface area contributed by atoms with Crippen LogP contribution in [0.5, 0.6) is 0 Å². The zero-order valence-corrected chi connectivity index (χ0v) is 16.4. The highest BCUT2D eigenvalue weighted by Crippen LogP contribution is 2.25. The molecule has 2 N–H and O–H groups in total. The molecule has 6 heteroatoms. The van der Waals surface area contributed by atoms with Gasteiger partial charge in [0.05, 0.1) is 0 Å². The van der Waals surface area contributed by atoms with Crippen molar-refractivity contribution in [3.63, 3.8) is 0 Å². The lowest BCUT2D eigenvalue weighted by atomic mass is 9.85. The van der Waals surface area contributed by atoms with Crippen molar-refractivity contribution < 1.29 is 4.21 Å². The number of guanidine groups is 1. The SMILES string of the molecule is CCS(=O)C1CCCC(NC(=NC)NCC2CCC2)C1.I. The summed E-state index contributed by atoms with van der Waals surface area (Å²) in [4.78, 5) is 4.32. The van der Waals surface area contributed by atoms with Gasteiger partial charge in [-0.1, -0.05) is 19.8 Å². The summed E-state index contributed by atoms with van der Waals surface area (Å²) in [6, 6.07) is 0.428. The molecule has 3 atom stereocenters. The van der Waals surface area contributed by atoms with Crippen LogP contribution in [0.25, 0.3) is 0 Å². The Morgan fingerprint density at radius 1 is 1.24 bits per heavy atom. The molecule has 0 aliphatic heterocycles. The number of aliphatic imine (C=N–C) groups is 1. The molecular weight excluding hydrogens is 397 g/mol. The average molecular weight is 427 g/mol. The van der Waals surface area contributed by atoms with Crippen molar-refractivity contribution in [3.8, 4) is 0 Å². The minimum absolute atomic E-state index is 0. The van der Waals surface area contributed by atoms with Gasteiger partial charge in [0.15, 0.2) is 5.96 Å². The highest BCUT2D eigenvalue weighted by atomic mass is 127. The van der Waals surface area contributed by atoms with Gasteiger partial charge in [-0.2, -0.15) is 0 Å². The standard InChI is InChI=1S/C15H29N3OS.HI/c1-3-20(19)14-9-5-8-13(10-14)18-15(16-2)17-11-12-6-4-7-12;/h12-14H,3-11H2,1-2H3,(H2,16,17,18);1H. The number of hydrogen-bond acceptors (Lipinski definition) is 2. The Balaban J connectivity index is 0.00000220. The second-order valence-electron chi connectivity index (χ2n) is 6.05. The third kappa shape index (κ3) is 6.04. The van der Waals surface area contributed by atoms with E-state index in [4.69, 9.17) is 0 Å². The molecule has 2 aliphatic carbocycles. The van der Waals surface area contributed by atoms with E-state index in [-0.39, 0.29) is 24.0 Å². The number of nitrogens with zero attached hydrogens (tertiary/aromatic N) is 1. The maximum absolute atomic E-state index is 12.0. The van der Waals surface area contributed by atoms with Gasteiger partial charge in [0.2, 0.25) is 0 Å². The summed E-state index contributed by atoms with van der Waals surface area (Å²) in [6.45, 7) is 3.06. The summed E-state index contributed by atoms with van der Waals surface area (Å²) in [7, 11) is 1.18. The van der Waals surface area contributed by atoms with Gasteiger partial charge in [-0.15, -0.1) is 24.0 Å². The molecule has 2 aliphatic rings. The lowest BCUT2D eigenvalue weighted by Crippen LogP contribution is -2.48. The van der Waals surface area contributed by atoms with Crippen LogP contribution in [-0.4, -0.2) is 40.8 Å². The van der Waals surface area contributed by atoms with Crippen molar-refractivity contribution in [3.05, 3.63) is 0 Å². The van der Waals surface area contributed by atoms with Crippen LogP contribution in [0.3, 0.4) is 0 Å². The Kier molecular flexibility index (Phi) is 9.16. The van der Waals surface area contributed by atoms with Crippen molar-refractivity contribution in [2.75, 3.05) is 19.3 Å². The van der Waals surface area contributed by atoms with Crippen LogP contribution in [0.1, 0.15) is 51.9 Å². The van der Waals surface area contributed by atoms with E-state index < -0.39 is 10.8 Å². The van der Waals surface area contributed by atoms with Crippen molar-refractivity contribution in [2.24, 2.45) is 10.9 Å². The van der Waals surface area contributed by atoms with Gasteiger partial charge in [-0.25, -0.2) is 0 Å². The fourth-order valence-corrected chi connectivity index (χ4v) is 4.42. The molecule has 0 aromatic carbocycles. The molecule has 0 aromatic rings. The molecule has 0 amide bonds. The first kappa shape index (κ1) is 19.2. The molecule has 0 saturated heterocycles. The van der Waals surface area contributed by atoms with Gasteiger partial charge in [0, 0.05) is 41.4 Å². The molecule has 2 saturated carbocycles. The Labute approximate surface area is 148 Å². The van der Waals surface area contributed by atoms with Crippen molar-refractivity contribution in [1.29, 1.82) is 0 Å². The molecule has 0 heterocycles. The normalized spacial score (nSPS) is 28.2. The minimum atomic E-state index is -0.655. The fourth-order valence-electron chi connectivity index (χ4n) is 3.08. The first-order chi connectivity index (χ1) is 9.72. The Bertz CT molecular complexity index is 361. The molecule has 0 bridgehead atoms. The smallest absolute Gasteiger partial charge is 0.191 e. The highest BCUT2D eigenvalue weighted by Gasteiger charge is 2.26. The summed E-state index contributed by atoms with van der Waals surface area (Å²) in [5.41, 5.74) is 0. The molecule has 21 heavy (non-hydrogen) atoms. The molecule has 2 rings (SSSR count). The molecule has 3 unspecified atom stereocenters. The Hall–Kier alpha value is 0.150. The quantitative estimate of drug-likeness (QED) is 0.403. The van der Waals surface area contributed by atoms with Gasteiger partial charge >= 0.3 is 0 Å². The van der Waals surface area contributed by atoms with Gasteiger partial charge < -0.3 is 10.6 Å². The van der Waals surface area contributed by atoms with E-state index in [9.17, 15) is 4.21 Å². The van der Waals surface area contributed by atoms with Crippen LogP contribution < -0.4 is 10.6 Å². The average Bonchev–Trinajstić information content (AvgIpc) is 2.43. The Morgan fingerprint density at radius 3 is 2.52 bits per heavy atom. The first-order valence-electron chi connectivity index (χ1n) is 8.07. The summed E-state index contributed by atoms with van der Waals surface area (Å²) < 4.78 is 12.0. The fraction of sp³-hybridized carbons (Fsp3) is 0.933. The molecule has 0 radical (unpaired) electrons. The highest BCUT2D eigenvalue weighted by molar-refractivity contribution is 14.0. The van der Waals surface area contributed by atoms with Gasteiger partial charge in [-0.05, 0) is 38.0 Å². The maximum Gasteiger partial charge on any atom is 0.191 e. The topological polar surface area (TPSA) is 53.5 Å². The summed E-state index contributed by atoms with van der Waals surface area (Å²) in [5.74, 6) is 2.54. The predicted octanol–water partition coefficient (Wildman–Crippen LogP) is 2.65. The number of hydrogen-bond donors (Lipinski definition) is 2. The molecule has 124 valence electrons. The van der Waals surface area contributed by atoms with E-state index in [1.807, 2.05) is 14.0 Å². The number of rotatable bonds is 5. The number of nitrogens with one attached hydrogen (secondary N) is 2. The molecular formula is C15H30IN3OS. The van der Waals surface area contributed by atoms with Crippen LogP contribution in [0.4, 0.5) is 0 Å². The van der Waals surface area contributed by atoms with Gasteiger partial charge in [0.25, 0.3) is 0 Å². The lowest BCUT2D eigenvalue weighted by molar-refractivity contribution is 0.313. The first-order valence-corrected chi connectivity index (χ1v) is 9.45. The zero-order valence-electron chi connectivity index (χ0n) is 13.3. The zero-order chi connectivity index (χ0) is 14.4. The largest absolute Gasteiger partial charge is 0.356 e. The maximum atomic E-state index is 12.0. The van der Waals surface area contributed by atoms with Crippen LogP contribution >= 0.6 is 24.0 Å². The van der Waals surface area contributed by atoms with Crippen LogP contribution in [-0.2, 0) is 10.8 Å². The van der Waals surface area contributed by atoms with E-state index in [0.29, 0.717) is 11.3 Å². The van der Waals surface area contributed by atoms with E-state index in [1.54, 1.807) is 0 Å². The van der Waals surface area contributed by atoms with Gasteiger partial charge in [-0.3, -0.25) is 9.20 Å². The minimum Gasteiger partial charge on any atom is -0.356 e. The molecule has 0 aromatic heterocycles. The van der Waals surface area contributed by atoms with E-state index in [1.165, 1.54) is 32.1 Å².